The van der Waals surface area contributed by atoms with Crippen LogP contribution in [0.3, 0.4) is 0 Å². The van der Waals surface area contributed by atoms with Gasteiger partial charge in [0, 0.05) is 24.8 Å². The van der Waals surface area contributed by atoms with Gasteiger partial charge in [-0.05, 0) is 30.7 Å². The van der Waals surface area contributed by atoms with Crippen LogP contribution in [0.15, 0.2) is 36.7 Å². The summed E-state index contributed by atoms with van der Waals surface area (Å²) >= 11 is 5.81. The van der Waals surface area contributed by atoms with Crippen molar-refractivity contribution in [1.82, 2.24) is 15.5 Å². The molecule has 0 unspecified atom stereocenters. The number of carbonyl (C=O) groups excluding carboxylic acids is 1. The number of benzene rings is 1. The molecule has 1 atom stereocenters. The predicted molar refractivity (Wildman–Crippen MR) is 81.5 cm³/mol. The minimum Gasteiger partial charge on any atom is -0.369 e. The lowest BCUT2D eigenvalue weighted by atomic mass is 10.2. The molecule has 1 aliphatic rings. The third-order valence-electron chi connectivity index (χ3n) is 3.64. The fourth-order valence-corrected chi connectivity index (χ4v) is 2.66. The van der Waals surface area contributed by atoms with E-state index in [1.165, 1.54) is 18.5 Å². The van der Waals surface area contributed by atoms with Gasteiger partial charge in [0.1, 0.15) is 5.82 Å². The Kier molecular flexibility index (Phi) is 4.20. The van der Waals surface area contributed by atoms with Gasteiger partial charge in [0.15, 0.2) is 0 Å². The Bertz CT molecular complexity index is 682. The van der Waals surface area contributed by atoms with Crippen molar-refractivity contribution in [2.24, 2.45) is 0 Å². The lowest BCUT2D eigenvalue weighted by molar-refractivity contribution is 0.0940. The summed E-state index contributed by atoms with van der Waals surface area (Å²) in [7, 11) is 0. The number of nitrogens with zero attached hydrogens (tertiary/aromatic N) is 3. The van der Waals surface area contributed by atoms with Gasteiger partial charge < -0.3 is 10.2 Å². The van der Waals surface area contributed by atoms with Crippen molar-refractivity contribution in [2.75, 3.05) is 18.0 Å². The highest BCUT2D eigenvalue weighted by Gasteiger charge is 2.25. The first kappa shape index (κ1) is 14.7. The molecule has 0 radical (unpaired) electrons. The molecule has 1 aromatic heterocycles. The van der Waals surface area contributed by atoms with Crippen LogP contribution in [0.5, 0.6) is 0 Å². The molecule has 7 heteroatoms. The standard InChI is InChI=1S/C15H14ClFN4O/c16-13-7-12(1-2-14(13)17)21-6-4-11(9-21)20-15(22)10-3-5-18-19-8-10/h1-3,5,7-8,11H,4,6,9H2,(H,20,22)/t11-/m0/s1. The minimum atomic E-state index is -0.431. The number of hydrogen-bond donors (Lipinski definition) is 1. The Morgan fingerprint density at radius 2 is 2.23 bits per heavy atom. The summed E-state index contributed by atoms with van der Waals surface area (Å²) in [6, 6.07) is 6.30. The van der Waals surface area contributed by atoms with Gasteiger partial charge in [-0.2, -0.15) is 10.2 Å². The topological polar surface area (TPSA) is 58.1 Å². The Balaban J connectivity index is 1.62. The zero-order valence-electron chi connectivity index (χ0n) is 11.7. The molecule has 0 bridgehead atoms. The molecule has 1 amide bonds. The lowest BCUT2D eigenvalue weighted by Gasteiger charge is -2.19. The van der Waals surface area contributed by atoms with Gasteiger partial charge in [-0.3, -0.25) is 4.79 Å². The van der Waals surface area contributed by atoms with Crippen molar-refractivity contribution in [3.8, 4) is 0 Å². The Morgan fingerprint density at radius 1 is 1.36 bits per heavy atom. The minimum absolute atomic E-state index is 0.0319. The number of nitrogens with one attached hydrogen (secondary N) is 1. The second-order valence-corrected chi connectivity index (χ2v) is 5.54. The molecule has 1 N–H and O–H groups in total. The fraction of sp³-hybridized carbons (Fsp3) is 0.267. The van der Waals surface area contributed by atoms with E-state index in [2.05, 4.69) is 20.4 Å². The van der Waals surface area contributed by atoms with Crippen LogP contribution in [0, 0.1) is 5.82 Å². The monoisotopic (exact) mass is 320 g/mol. The van der Waals surface area contributed by atoms with E-state index in [1.54, 1.807) is 18.2 Å². The molecule has 0 saturated carbocycles. The molecular weight excluding hydrogens is 307 g/mol. The van der Waals surface area contributed by atoms with Crippen LogP contribution in [0.25, 0.3) is 0 Å². The molecule has 114 valence electrons. The quantitative estimate of drug-likeness (QED) is 0.942. The molecule has 0 spiro atoms. The van der Waals surface area contributed by atoms with Gasteiger partial charge >= 0.3 is 0 Å². The number of hydrogen-bond acceptors (Lipinski definition) is 4. The number of carbonyl (C=O) groups is 1. The third kappa shape index (κ3) is 3.17. The summed E-state index contributed by atoms with van der Waals surface area (Å²) in [6.45, 7) is 1.44. The molecule has 22 heavy (non-hydrogen) atoms. The van der Waals surface area contributed by atoms with E-state index >= 15 is 0 Å². The van der Waals surface area contributed by atoms with Crippen LogP contribution in [-0.4, -0.2) is 35.2 Å². The molecule has 1 saturated heterocycles. The second kappa shape index (κ2) is 6.27. The Hall–Kier alpha value is -2.21. The van der Waals surface area contributed by atoms with Crippen LogP contribution in [0.2, 0.25) is 5.02 Å². The summed E-state index contributed by atoms with van der Waals surface area (Å²) in [4.78, 5) is 14.1. The van der Waals surface area contributed by atoms with E-state index in [0.29, 0.717) is 12.1 Å². The predicted octanol–water partition coefficient (Wildman–Crippen LogP) is 2.28. The summed E-state index contributed by atoms with van der Waals surface area (Å²) in [5.74, 6) is -0.599. The highest BCUT2D eigenvalue weighted by atomic mass is 35.5. The number of amides is 1. The maximum Gasteiger partial charge on any atom is 0.253 e. The summed E-state index contributed by atoms with van der Waals surface area (Å²) in [6.07, 6.45) is 3.73. The van der Waals surface area contributed by atoms with Crippen molar-refractivity contribution in [3.63, 3.8) is 0 Å². The number of anilines is 1. The number of rotatable bonds is 3. The molecule has 2 aromatic rings. The van der Waals surface area contributed by atoms with Gasteiger partial charge in [0.25, 0.3) is 5.91 Å². The average Bonchev–Trinajstić information content (AvgIpc) is 2.99. The van der Waals surface area contributed by atoms with E-state index in [4.69, 9.17) is 11.6 Å². The second-order valence-electron chi connectivity index (χ2n) is 5.13. The highest BCUT2D eigenvalue weighted by molar-refractivity contribution is 6.31. The molecule has 1 aromatic carbocycles. The lowest BCUT2D eigenvalue weighted by Crippen LogP contribution is -2.37. The molecular formula is C15H14ClFN4O. The van der Waals surface area contributed by atoms with Crippen molar-refractivity contribution in [2.45, 2.75) is 12.5 Å². The largest absolute Gasteiger partial charge is 0.369 e. The number of halogens is 2. The molecule has 0 aliphatic carbocycles. The highest BCUT2D eigenvalue weighted by Crippen LogP contribution is 2.25. The van der Waals surface area contributed by atoms with Crippen molar-refractivity contribution in [1.29, 1.82) is 0 Å². The molecule has 1 fully saturated rings. The summed E-state index contributed by atoms with van der Waals surface area (Å²) < 4.78 is 13.2. The van der Waals surface area contributed by atoms with Gasteiger partial charge in [-0.25, -0.2) is 4.39 Å². The smallest absolute Gasteiger partial charge is 0.253 e. The average molecular weight is 321 g/mol. The van der Waals surface area contributed by atoms with E-state index in [-0.39, 0.29) is 17.0 Å². The van der Waals surface area contributed by atoms with Crippen LogP contribution in [0.4, 0.5) is 10.1 Å². The van der Waals surface area contributed by atoms with Gasteiger partial charge in [0.2, 0.25) is 0 Å². The van der Waals surface area contributed by atoms with Crippen LogP contribution < -0.4 is 10.2 Å². The fourth-order valence-electron chi connectivity index (χ4n) is 2.49. The van der Waals surface area contributed by atoms with Crippen molar-refractivity contribution >= 4 is 23.2 Å². The molecule has 1 aliphatic heterocycles. The third-order valence-corrected chi connectivity index (χ3v) is 3.93. The molecule has 5 nitrogen and oxygen atoms in total. The van der Waals surface area contributed by atoms with Crippen molar-refractivity contribution in [3.05, 3.63) is 53.1 Å². The van der Waals surface area contributed by atoms with E-state index in [9.17, 15) is 9.18 Å². The van der Waals surface area contributed by atoms with Crippen molar-refractivity contribution < 1.29 is 9.18 Å². The maximum atomic E-state index is 13.2. The van der Waals surface area contributed by atoms with E-state index < -0.39 is 5.82 Å². The zero-order valence-corrected chi connectivity index (χ0v) is 12.4. The van der Waals surface area contributed by atoms with Crippen LogP contribution >= 0.6 is 11.6 Å². The number of aromatic nitrogens is 2. The van der Waals surface area contributed by atoms with Gasteiger partial charge in [0.05, 0.1) is 23.0 Å². The van der Waals surface area contributed by atoms with Crippen LogP contribution in [-0.2, 0) is 0 Å². The first-order valence-electron chi connectivity index (χ1n) is 6.91. The molecule has 2 heterocycles. The van der Waals surface area contributed by atoms with Gasteiger partial charge in [-0.1, -0.05) is 11.6 Å². The summed E-state index contributed by atoms with van der Waals surface area (Å²) in [5.41, 5.74) is 1.34. The molecule has 3 rings (SSSR count). The first-order valence-corrected chi connectivity index (χ1v) is 7.29. The zero-order chi connectivity index (χ0) is 15.5. The Morgan fingerprint density at radius 3 is 2.95 bits per heavy atom. The normalized spacial score (nSPS) is 17.5. The van der Waals surface area contributed by atoms with Crippen LogP contribution in [0.1, 0.15) is 16.8 Å². The Labute approximate surface area is 132 Å². The first-order chi connectivity index (χ1) is 10.6. The van der Waals surface area contributed by atoms with Gasteiger partial charge in [-0.15, -0.1) is 0 Å². The van der Waals surface area contributed by atoms with E-state index in [1.807, 2.05) is 0 Å². The SMILES string of the molecule is O=C(N[C@H]1CCN(c2ccc(F)c(Cl)c2)C1)c1ccnnc1. The summed E-state index contributed by atoms with van der Waals surface area (Å²) in [5, 5.41) is 10.4. The maximum absolute atomic E-state index is 13.2. The van der Waals surface area contributed by atoms with E-state index in [0.717, 1.165) is 18.7 Å².